The lowest BCUT2D eigenvalue weighted by Gasteiger charge is -2.19. The fourth-order valence-corrected chi connectivity index (χ4v) is 3.59. The van der Waals surface area contributed by atoms with Gasteiger partial charge in [-0.1, -0.05) is 17.2 Å². The number of nitrogens with zero attached hydrogens (tertiary/aromatic N) is 4. The predicted octanol–water partition coefficient (Wildman–Crippen LogP) is 1.24. The number of nitrogens with one attached hydrogen (secondary N) is 2. The molecule has 0 bridgehead atoms. The average molecular weight is 463 g/mol. The van der Waals surface area contributed by atoms with E-state index in [1.807, 2.05) is 0 Å². The molecule has 0 radical (unpaired) electrons. The molecule has 5 N–H and O–H groups in total. The molecule has 34 heavy (non-hydrogen) atoms. The maximum absolute atomic E-state index is 13.3. The van der Waals surface area contributed by atoms with Gasteiger partial charge in [0, 0.05) is 23.4 Å². The largest absolute Gasteiger partial charge is 0.481 e. The number of anilines is 1. The van der Waals surface area contributed by atoms with Crippen LogP contribution in [-0.2, 0) is 11.3 Å². The minimum atomic E-state index is -1.03. The van der Waals surface area contributed by atoms with Crippen LogP contribution in [0.5, 0.6) is 6.01 Å². The van der Waals surface area contributed by atoms with Crippen LogP contribution in [0, 0.1) is 5.41 Å². The molecule has 2 amide bonds. The van der Waals surface area contributed by atoms with Gasteiger partial charge in [0.1, 0.15) is 5.84 Å². The Bertz CT molecular complexity index is 1300. The van der Waals surface area contributed by atoms with Crippen molar-refractivity contribution in [2.45, 2.75) is 13.0 Å². The SMILES string of the molecule is COc1nnc2n1-c1ccc(NC(=O)c3ccc(C(=N)N)cc3)cc1C(=O)N(CCC(=O)O)C2. The summed E-state index contributed by atoms with van der Waals surface area (Å²) in [6.07, 6.45) is -0.237. The van der Waals surface area contributed by atoms with Crippen molar-refractivity contribution < 1.29 is 24.2 Å². The molecule has 0 unspecified atom stereocenters. The first-order chi connectivity index (χ1) is 16.3. The number of nitrogen functional groups attached to an aromatic ring is 1. The standard InChI is InChI=1S/C22H21N7O5/c1-34-22-27-26-17-11-28(9-8-18(30)31)21(33)15-10-14(6-7-16(15)29(17)22)25-20(32)13-4-2-12(3-5-13)19(23)24/h2-7,10H,8-9,11H2,1H3,(H3,23,24)(H,25,32)(H,30,31). The number of carbonyl (C=O) groups is 3. The Morgan fingerprint density at radius 2 is 1.88 bits per heavy atom. The second-order valence-corrected chi connectivity index (χ2v) is 7.49. The van der Waals surface area contributed by atoms with Crippen LogP contribution >= 0.6 is 0 Å². The number of carboxylic acids is 1. The number of aromatic nitrogens is 3. The monoisotopic (exact) mass is 463 g/mol. The van der Waals surface area contributed by atoms with Crippen molar-refractivity contribution in [1.29, 1.82) is 5.41 Å². The molecule has 0 spiro atoms. The van der Waals surface area contributed by atoms with Gasteiger partial charge in [-0.3, -0.25) is 19.8 Å². The minimum Gasteiger partial charge on any atom is -0.481 e. The number of hydrogen-bond acceptors (Lipinski definition) is 7. The number of aliphatic carboxylic acids is 1. The summed E-state index contributed by atoms with van der Waals surface area (Å²) < 4.78 is 6.87. The van der Waals surface area contributed by atoms with Gasteiger partial charge in [0.15, 0.2) is 5.82 Å². The topological polar surface area (TPSA) is 177 Å². The third kappa shape index (κ3) is 4.28. The lowest BCUT2D eigenvalue weighted by atomic mass is 10.1. The normalized spacial score (nSPS) is 12.4. The van der Waals surface area contributed by atoms with Crippen LogP contribution < -0.4 is 15.8 Å². The smallest absolute Gasteiger partial charge is 0.321 e. The lowest BCUT2D eigenvalue weighted by Crippen LogP contribution is -2.32. The van der Waals surface area contributed by atoms with Gasteiger partial charge in [-0.25, -0.2) is 4.57 Å². The van der Waals surface area contributed by atoms with Crippen molar-refractivity contribution in [3.8, 4) is 11.7 Å². The maximum atomic E-state index is 13.3. The molecule has 2 heterocycles. The Hall–Kier alpha value is -4.74. The summed E-state index contributed by atoms with van der Waals surface area (Å²) in [4.78, 5) is 38.5. The molecular formula is C22H21N7O5. The van der Waals surface area contributed by atoms with Gasteiger partial charge in [-0.2, -0.15) is 0 Å². The zero-order valence-electron chi connectivity index (χ0n) is 18.1. The molecule has 174 valence electrons. The van der Waals surface area contributed by atoms with Crippen molar-refractivity contribution in [1.82, 2.24) is 19.7 Å². The van der Waals surface area contributed by atoms with Crippen LogP contribution in [0.2, 0.25) is 0 Å². The summed E-state index contributed by atoms with van der Waals surface area (Å²) in [5, 5.41) is 27.3. The number of ether oxygens (including phenoxy) is 1. The van der Waals surface area contributed by atoms with E-state index in [1.54, 1.807) is 41.0 Å². The third-order valence-corrected chi connectivity index (χ3v) is 5.28. The molecule has 0 aliphatic carbocycles. The molecule has 1 aliphatic rings. The number of hydrogen-bond donors (Lipinski definition) is 4. The number of carbonyl (C=O) groups excluding carboxylic acids is 2. The highest BCUT2D eigenvalue weighted by atomic mass is 16.5. The Morgan fingerprint density at radius 1 is 1.18 bits per heavy atom. The van der Waals surface area contributed by atoms with E-state index in [2.05, 4.69) is 15.5 Å². The maximum Gasteiger partial charge on any atom is 0.321 e. The first-order valence-corrected chi connectivity index (χ1v) is 10.2. The van der Waals surface area contributed by atoms with E-state index in [-0.39, 0.29) is 36.9 Å². The molecule has 1 aromatic heterocycles. The van der Waals surface area contributed by atoms with Crippen LogP contribution in [-0.4, -0.2) is 62.0 Å². The number of methoxy groups -OCH3 is 1. The van der Waals surface area contributed by atoms with Crippen molar-refractivity contribution in [2.24, 2.45) is 5.73 Å². The molecule has 0 saturated heterocycles. The molecule has 4 rings (SSSR count). The van der Waals surface area contributed by atoms with Gasteiger partial charge < -0.3 is 25.8 Å². The number of carboxylic acid groups (broad SMARTS) is 1. The minimum absolute atomic E-state index is 0.0259. The van der Waals surface area contributed by atoms with Crippen LogP contribution in [0.4, 0.5) is 5.69 Å². The number of amidine groups is 1. The van der Waals surface area contributed by atoms with E-state index in [0.29, 0.717) is 28.3 Å². The fraction of sp³-hybridized carbons (Fsp3) is 0.182. The zero-order valence-corrected chi connectivity index (χ0v) is 18.1. The quantitative estimate of drug-likeness (QED) is 0.299. The summed E-state index contributed by atoms with van der Waals surface area (Å²) in [5.74, 6) is -1.55. The first-order valence-electron chi connectivity index (χ1n) is 10.2. The number of amides is 2. The predicted molar refractivity (Wildman–Crippen MR) is 120 cm³/mol. The van der Waals surface area contributed by atoms with Gasteiger partial charge in [-0.05, 0) is 30.3 Å². The van der Waals surface area contributed by atoms with Crippen LogP contribution in [0.15, 0.2) is 42.5 Å². The average Bonchev–Trinajstić information content (AvgIpc) is 3.18. The number of rotatable bonds is 7. The van der Waals surface area contributed by atoms with E-state index in [1.165, 1.54) is 18.1 Å². The van der Waals surface area contributed by atoms with E-state index in [9.17, 15) is 14.4 Å². The molecular weight excluding hydrogens is 442 g/mol. The van der Waals surface area contributed by atoms with Crippen LogP contribution in [0.3, 0.4) is 0 Å². The third-order valence-electron chi connectivity index (χ3n) is 5.28. The van der Waals surface area contributed by atoms with Gasteiger partial charge in [0.05, 0.1) is 31.3 Å². The van der Waals surface area contributed by atoms with Crippen molar-refractivity contribution in [3.63, 3.8) is 0 Å². The summed E-state index contributed by atoms with van der Waals surface area (Å²) in [6.45, 7) is 0.0171. The molecule has 0 fully saturated rings. The molecule has 1 aliphatic heterocycles. The van der Waals surface area contributed by atoms with E-state index in [4.69, 9.17) is 21.0 Å². The molecule has 0 atom stereocenters. The number of nitrogens with two attached hydrogens (primary N) is 1. The van der Waals surface area contributed by atoms with Crippen molar-refractivity contribution in [3.05, 3.63) is 65.0 Å². The highest BCUT2D eigenvalue weighted by Crippen LogP contribution is 2.30. The second-order valence-electron chi connectivity index (χ2n) is 7.49. The van der Waals surface area contributed by atoms with E-state index >= 15 is 0 Å². The van der Waals surface area contributed by atoms with Gasteiger partial charge in [-0.15, -0.1) is 5.10 Å². The van der Waals surface area contributed by atoms with E-state index < -0.39 is 17.8 Å². The molecule has 0 saturated carbocycles. The summed E-state index contributed by atoms with van der Waals surface area (Å²) in [7, 11) is 1.43. The second kappa shape index (κ2) is 9.02. The van der Waals surface area contributed by atoms with Gasteiger partial charge >= 0.3 is 12.0 Å². The fourth-order valence-electron chi connectivity index (χ4n) is 3.59. The van der Waals surface area contributed by atoms with Crippen molar-refractivity contribution >= 4 is 29.3 Å². The van der Waals surface area contributed by atoms with Gasteiger partial charge in [0.25, 0.3) is 11.8 Å². The van der Waals surface area contributed by atoms with Crippen molar-refractivity contribution in [2.75, 3.05) is 19.0 Å². The summed E-state index contributed by atoms with van der Waals surface area (Å²) in [6, 6.07) is 11.2. The Kier molecular flexibility index (Phi) is 5.95. The molecule has 12 nitrogen and oxygen atoms in total. The highest BCUT2D eigenvalue weighted by Gasteiger charge is 2.30. The first kappa shape index (κ1) is 22.5. The number of benzene rings is 2. The zero-order chi connectivity index (χ0) is 24.4. The van der Waals surface area contributed by atoms with E-state index in [0.717, 1.165) is 0 Å². The molecule has 2 aromatic carbocycles. The van der Waals surface area contributed by atoms with Gasteiger partial charge in [0.2, 0.25) is 0 Å². The summed E-state index contributed by atoms with van der Waals surface area (Å²) >= 11 is 0. The lowest BCUT2D eigenvalue weighted by molar-refractivity contribution is -0.137. The summed E-state index contributed by atoms with van der Waals surface area (Å²) in [5.41, 5.74) is 7.32. The van der Waals surface area contributed by atoms with Crippen LogP contribution in [0.25, 0.3) is 5.69 Å². The number of fused-ring (bicyclic) bond motifs is 3. The Balaban J connectivity index is 1.68. The Morgan fingerprint density at radius 3 is 2.53 bits per heavy atom. The highest BCUT2D eigenvalue weighted by molar-refractivity contribution is 6.06. The molecule has 12 heteroatoms. The molecule has 3 aromatic rings. The van der Waals surface area contributed by atoms with Crippen LogP contribution in [0.1, 0.15) is 38.5 Å². The Labute approximate surface area is 193 Å².